The van der Waals surface area contributed by atoms with Crippen LogP contribution in [0.2, 0.25) is 0 Å². The van der Waals surface area contributed by atoms with Crippen LogP contribution in [0.3, 0.4) is 0 Å². The van der Waals surface area contributed by atoms with E-state index in [9.17, 15) is 43.5 Å². The first-order valence-electron chi connectivity index (χ1n) is 35.4. The van der Waals surface area contributed by atoms with Crippen molar-refractivity contribution in [3.05, 3.63) is 0 Å². The monoisotopic (exact) mass is 1240 g/mol. The summed E-state index contributed by atoms with van der Waals surface area (Å²) in [4.78, 5) is 97.4. The molecular weight excluding hydrogens is 1110 g/mol. The smallest absolute Gasteiger partial charge is 0.309 e. The Bertz CT molecular complexity index is 1670. The number of aliphatic carboxylic acids is 1. The Balaban J connectivity index is 3.91. The predicted octanol–water partition coefficient (Wildman–Crippen LogP) is 16.9. The molecule has 0 fully saturated rings. The average Bonchev–Trinajstić information content (AvgIpc) is 3.59. The van der Waals surface area contributed by atoms with Gasteiger partial charge in [-0.15, -0.1) is 0 Å². The zero-order chi connectivity index (χ0) is 63.7. The first-order valence-corrected chi connectivity index (χ1v) is 35.4. The van der Waals surface area contributed by atoms with Crippen molar-refractivity contribution in [2.75, 3.05) is 39.6 Å². The fourth-order valence-electron chi connectivity index (χ4n) is 10.2. The molecule has 2 N–H and O–H groups in total. The summed E-state index contributed by atoms with van der Waals surface area (Å²) in [6.07, 6.45) is 42.7. The molecule has 2 unspecified atom stereocenters. The average molecular weight is 1240 g/mol. The van der Waals surface area contributed by atoms with E-state index in [-0.39, 0.29) is 63.7 Å². The van der Waals surface area contributed by atoms with Crippen molar-refractivity contribution in [3.63, 3.8) is 0 Å². The minimum Gasteiger partial charge on any atom is -0.481 e. The van der Waals surface area contributed by atoms with Gasteiger partial charge in [0, 0.05) is 25.7 Å². The molecule has 0 aliphatic carbocycles. The van der Waals surface area contributed by atoms with E-state index in [0.29, 0.717) is 65.0 Å². The SMILES string of the molecule is CCCCCCCCCCCCOC(=O)CC(O)CC(=O)OCCCCCCCC(=O)OCCCCCCCCCCCC(=O)OCCCCCCCC(=O)OC(CC(=O)OCCCCCCCCCCCC)CC(=O)OCCCCCCCC(=O)O. The van der Waals surface area contributed by atoms with E-state index in [4.69, 9.17) is 38.3 Å². The number of aliphatic hydroxyl groups is 1. The Morgan fingerprint density at radius 2 is 0.460 bits per heavy atom. The molecule has 0 saturated heterocycles. The molecule has 0 aliphatic rings. The highest BCUT2D eigenvalue weighted by Crippen LogP contribution is 2.17. The fraction of sp³-hybridized carbons (Fsp3) is 0.886. The van der Waals surface area contributed by atoms with Crippen LogP contribution in [0, 0.1) is 0 Å². The molecule has 0 heterocycles. The van der Waals surface area contributed by atoms with Gasteiger partial charge in [-0.25, -0.2) is 0 Å². The van der Waals surface area contributed by atoms with Crippen molar-refractivity contribution < 1.29 is 81.7 Å². The molecule has 17 heteroatoms. The standard InChI is InChI=1S/C70H126O17/c1-3-5-7-9-11-13-17-22-32-43-53-83-67(77)57-61(71)58-68(78)84-54-45-36-25-29-39-49-65(75)81-51-41-31-21-19-15-16-20-28-38-48-64(74)82-52-42-35-26-30-40-50-66(76)87-62(60-70(80)86-56-46-34-24-27-37-47-63(72)73)59-69(79)85-55-44-33-23-18-14-12-10-8-6-4-2/h61-62,71H,3-60H2,1-2H3,(H,72,73). The highest BCUT2D eigenvalue weighted by Gasteiger charge is 2.24. The van der Waals surface area contributed by atoms with Crippen molar-refractivity contribution >= 4 is 47.8 Å². The number of carbonyl (C=O) groups is 8. The number of aliphatic hydroxyl groups excluding tert-OH is 1. The molecule has 0 aliphatic heterocycles. The summed E-state index contributed by atoms with van der Waals surface area (Å²) in [5.41, 5.74) is 0. The minimum atomic E-state index is -1.11. The third kappa shape index (κ3) is 64.5. The van der Waals surface area contributed by atoms with E-state index in [1.807, 2.05) is 0 Å². The van der Waals surface area contributed by atoms with Gasteiger partial charge < -0.3 is 43.4 Å². The van der Waals surface area contributed by atoms with E-state index in [2.05, 4.69) is 13.8 Å². The van der Waals surface area contributed by atoms with Crippen LogP contribution < -0.4 is 0 Å². The summed E-state index contributed by atoms with van der Waals surface area (Å²) in [5.74, 6) is -3.68. The highest BCUT2D eigenvalue weighted by molar-refractivity contribution is 5.76. The second-order valence-corrected chi connectivity index (χ2v) is 24.1. The van der Waals surface area contributed by atoms with Crippen LogP contribution in [-0.2, 0) is 71.5 Å². The van der Waals surface area contributed by atoms with Crippen LogP contribution in [0.1, 0.15) is 348 Å². The van der Waals surface area contributed by atoms with Crippen molar-refractivity contribution in [2.45, 2.75) is 360 Å². The van der Waals surface area contributed by atoms with Crippen molar-refractivity contribution in [3.8, 4) is 0 Å². The summed E-state index contributed by atoms with van der Waals surface area (Å²) in [6.45, 7) is 6.37. The molecule has 0 spiro atoms. The summed E-state index contributed by atoms with van der Waals surface area (Å²) in [5, 5.41) is 18.9. The van der Waals surface area contributed by atoms with E-state index in [1.165, 1.54) is 89.9 Å². The zero-order valence-electron chi connectivity index (χ0n) is 55.2. The van der Waals surface area contributed by atoms with E-state index in [1.54, 1.807) is 0 Å². The molecule has 0 saturated carbocycles. The van der Waals surface area contributed by atoms with Crippen LogP contribution in [0.4, 0.5) is 0 Å². The quantitative estimate of drug-likeness (QED) is 0.0327. The maximum absolute atomic E-state index is 12.8. The zero-order valence-corrected chi connectivity index (χ0v) is 55.2. The maximum atomic E-state index is 12.8. The van der Waals surface area contributed by atoms with Crippen LogP contribution in [0.5, 0.6) is 0 Å². The molecule has 0 aromatic rings. The van der Waals surface area contributed by atoms with Crippen LogP contribution in [-0.4, -0.2) is 110 Å². The number of carboxylic acids is 1. The van der Waals surface area contributed by atoms with Crippen LogP contribution in [0.15, 0.2) is 0 Å². The summed E-state index contributed by atoms with van der Waals surface area (Å²) in [6, 6.07) is 0. The van der Waals surface area contributed by atoms with Gasteiger partial charge in [-0.2, -0.15) is 0 Å². The number of hydrogen-bond donors (Lipinski definition) is 2. The summed E-state index contributed by atoms with van der Waals surface area (Å²) < 4.78 is 37.7. The van der Waals surface area contributed by atoms with Crippen LogP contribution in [0.25, 0.3) is 0 Å². The summed E-state index contributed by atoms with van der Waals surface area (Å²) >= 11 is 0. The predicted molar refractivity (Wildman–Crippen MR) is 341 cm³/mol. The van der Waals surface area contributed by atoms with Gasteiger partial charge >= 0.3 is 47.8 Å². The minimum absolute atomic E-state index is 0.147. The Morgan fingerprint density at radius 3 is 0.724 bits per heavy atom. The van der Waals surface area contributed by atoms with E-state index >= 15 is 0 Å². The topological polar surface area (TPSA) is 242 Å². The van der Waals surface area contributed by atoms with Gasteiger partial charge in [-0.3, -0.25) is 38.4 Å². The molecule has 508 valence electrons. The van der Waals surface area contributed by atoms with Gasteiger partial charge in [0.25, 0.3) is 0 Å². The van der Waals surface area contributed by atoms with Crippen molar-refractivity contribution in [1.29, 1.82) is 0 Å². The Hall–Kier alpha value is -4.28. The number of unbranched alkanes of at least 4 members (excludes halogenated alkanes) is 38. The van der Waals surface area contributed by atoms with Crippen molar-refractivity contribution in [2.24, 2.45) is 0 Å². The number of rotatable bonds is 67. The molecule has 0 radical (unpaired) electrons. The van der Waals surface area contributed by atoms with E-state index < -0.39 is 48.0 Å². The lowest BCUT2D eigenvalue weighted by atomic mass is 10.1. The van der Waals surface area contributed by atoms with Gasteiger partial charge in [0.2, 0.25) is 0 Å². The third-order valence-corrected chi connectivity index (χ3v) is 15.6. The van der Waals surface area contributed by atoms with Gasteiger partial charge in [-0.1, -0.05) is 232 Å². The molecular formula is C70H126O17. The van der Waals surface area contributed by atoms with Gasteiger partial charge in [-0.05, 0) is 64.2 Å². The third-order valence-electron chi connectivity index (χ3n) is 15.6. The maximum Gasteiger partial charge on any atom is 0.309 e. The second kappa shape index (κ2) is 64.7. The summed E-state index contributed by atoms with van der Waals surface area (Å²) in [7, 11) is 0. The molecule has 0 amide bonds. The van der Waals surface area contributed by atoms with Crippen molar-refractivity contribution in [1.82, 2.24) is 0 Å². The molecule has 87 heavy (non-hydrogen) atoms. The Labute approximate surface area is 527 Å². The molecule has 2 atom stereocenters. The number of carbonyl (C=O) groups excluding carboxylic acids is 7. The molecule has 0 aromatic heterocycles. The van der Waals surface area contributed by atoms with Crippen LogP contribution >= 0.6 is 0 Å². The van der Waals surface area contributed by atoms with Gasteiger partial charge in [0.05, 0.1) is 71.4 Å². The number of carboxylic acid groups (broad SMARTS) is 1. The van der Waals surface area contributed by atoms with Gasteiger partial charge in [0.15, 0.2) is 0 Å². The van der Waals surface area contributed by atoms with Gasteiger partial charge in [0.1, 0.15) is 6.10 Å². The normalized spacial score (nSPS) is 11.9. The first kappa shape index (κ1) is 82.7. The van der Waals surface area contributed by atoms with E-state index in [0.717, 1.165) is 167 Å². The fourth-order valence-corrected chi connectivity index (χ4v) is 10.2. The molecule has 0 aromatic carbocycles. The Kier molecular flexibility index (Phi) is 61.5. The number of hydrogen-bond acceptors (Lipinski definition) is 16. The first-order chi connectivity index (χ1) is 42.4. The largest absolute Gasteiger partial charge is 0.481 e. The molecule has 17 nitrogen and oxygen atoms in total. The lowest BCUT2D eigenvalue weighted by Gasteiger charge is -2.17. The Morgan fingerprint density at radius 1 is 0.253 bits per heavy atom. The highest BCUT2D eigenvalue weighted by atomic mass is 16.6. The molecule has 0 bridgehead atoms. The second-order valence-electron chi connectivity index (χ2n) is 24.1. The molecule has 0 rings (SSSR count). The lowest BCUT2D eigenvalue weighted by Crippen LogP contribution is -2.26. The lowest BCUT2D eigenvalue weighted by molar-refractivity contribution is -0.160. The number of esters is 7. The number of ether oxygens (including phenoxy) is 7.